The fraction of sp³-hybridized carbons (Fsp3) is 0.200. The zero-order chi connectivity index (χ0) is 8.53. The van der Waals surface area contributed by atoms with E-state index in [0.29, 0.717) is 0 Å². The van der Waals surface area contributed by atoms with Crippen molar-refractivity contribution in [2.75, 3.05) is 0 Å². The van der Waals surface area contributed by atoms with Crippen LogP contribution in [-0.2, 0) is 0 Å². The van der Waals surface area contributed by atoms with E-state index in [1.807, 2.05) is 36.4 Å². The molecule has 2 radical (unpaired) electrons. The van der Waals surface area contributed by atoms with Gasteiger partial charge in [0.25, 0.3) is 0 Å². The van der Waals surface area contributed by atoms with Gasteiger partial charge in [0.15, 0.2) is 0 Å². The molecule has 58 valence electrons. The minimum atomic E-state index is 0.230. The van der Waals surface area contributed by atoms with Gasteiger partial charge in [0.2, 0.25) is 0 Å². The molecular weight excluding hydrogens is 239 g/mol. The van der Waals surface area contributed by atoms with Gasteiger partial charge in [0, 0.05) is 0 Å². The first-order valence-electron chi connectivity index (χ1n) is 3.61. The first kappa shape index (κ1) is 10.8. The Labute approximate surface area is 79.6 Å². The van der Waals surface area contributed by atoms with Crippen LogP contribution in [0, 0.1) is 0 Å². The predicted molar refractivity (Wildman–Crippen MR) is 54.0 cm³/mol. The topological polar surface area (TPSA) is 0 Å². The molecule has 0 heterocycles. The third-order valence-electron chi connectivity index (χ3n) is 1.04. The Morgan fingerprint density at radius 1 is 1.18 bits per heavy atom. The van der Waals surface area contributed by atoms with E-state index in [1.165, 1.54) is 5.56 Å². The number of hydrogen-bond donors (Lipinski definition) is 0. The summed E-state index contributed by atoms with van der Waals surface area (Å²) in [6, 6.07) is 10.0. The maximum atomic E-state index is 3.63. The Balaban J connectivity index is 0.000000292. The summed E-state index contributed by atoms with van der Waals surface area (Å²) >= 11 is 0.230. The van der Waals surface area contributed by atoms with E-state index in [-0.39, 0.29) is 21.1 Å². The Kier molecular flexibility index (Phi) is 7.69. The van der Waals surface area contributed by atoms with Crippen LogP contribution in [0.5, 0.6) is 0 Å². The van der Waals surface area contributed by atoms with Crippen molar-refractivity contribution in [1.29, 1.82) is 0 Å². The van der Waals surface area contributed by atoms with Gasteiger partial charge in [0.1, 0.15) is 0 Å². The fourth-order valence-corrected chi connectivity index (χ4v) is 0.589. The van der Waals surface area contributed by atoms with E-state index in [2.05, 4.69) is 16.5 Å². The summed E-state index contributed by atoms with van der Waals surface area (Å²) in [5.41, 5.74) is 1.17. The van der Waals surface area contributed by atoms with Crippen molar-refractivity contribution in [1.82, 2.24) is 0 Å². The summed E-state index contributed by atoms with van der Waals surface area (Å²) in [5, 5.41) is 0. The zero-order valence-corrected chi connectivity index (χ0v) is 10.0. The standard InChI is InChI=1S/C8H8.2CH3.Sn/c1-2-8-6-4-3-5-7-8;;;/h2-7H,1H2;2*1H3;. The average molecular weight is 253 g/mol. The molecule has 0 saturated carbocycles. The molecule has 0 saturated heterocycles. The second-order valence-electron chi connectivity index (χ2n) is 2.11. The Morgan fingerprint density at radius 3 is 1.91 bits per heavy atom. The van der Waals surface area contributed by atoms with Gasteiger partial charge in [-0.3, -0.25) is 0 Å². The first-order chi connectivity index (χ1) is 5.35. The van der Waals surface area contributed by atoms with Gasteiger partial charge in [-0.05, 0) is 5.56 Å². The van der Waals surface area contributed by atoms with Gasteiger partial charge in [-0.25, -0.2) is 0 Å². The van der Waals surface area contributed by atoms with E-state index in [9.17, 15) is 0 Å². The monoisotopic (exact) mass is 254 g/mol. The Morgan fingerprint density at radius 2 is 1.64 bits per heavy atom. The molecule has 0 N–H and O–H groups in total. The first-order valence-corrected chi connectivity index (χ1v) is 9.32. The number of benzene rings is 1. The van der Waals surface area contributed by atoms with Crippen LogP contribution < -0.4 is 0 Å². The second-order valence-corrected chi connectivity index (χ2v) is 4.97. The molecule has 0 nitrogen and oxygen atoms in total. The molecular formula is C10H14Sn. The third kappa shape index (κ3) is 6.17. The molecule has 11 heavy (non-hydrogen) atoms. The van der Waals surface area contributed by atoms with Crippen molar-refractivity contribution in [3.8, 4) is 0 Å². The summed E-state index contributed by atoms with van der Waals surface area (Å²) < 4.78 is 0. The molecule has 0 amide bonds. The van der Waals surface area contributed by atoms with Gasteiger partial charge in [-0.1, -0.05) is 43.0 Å². The molecule has 0 spiro atoms. The van der Waals surface area contributed by atoms with Gasteiger partial charge in [-0.15, -0.1) is 0 Å². The van der Waals surface area contributed by atoms with Crippen LogP contribution in [0.25, 0.3) is 6.08 Å². The Hall–Kier alpha value is -0.241. The van der Waals surface area contributed by atoms with Crippen LogP contribution >= 0.6 is 0 Å². The van der Waals surface area contributed by atoms with E-state index >= 15 is 0 Å². The number of hydrogen-bond acceptors (Lipinski definition) is 0. The van der Waals surface area contributed by atoms with Crippen molar-refractivity contribution < 1.29 is 0 Å². The maximum absolute atomic E-state index is 3.63. The molecule has 0 unspecified atom stereocenters. The van der Waals surface area contributed by atoms with Crippen LogP contribution in [0.15, 0.2) is 36.9 Å². The quantitative estimate of drug-likeness (QED) is 0.674. The molecule has 1 aromatic carbocycles. The molecule has 0 aliphatic rings. The van der Waals surface area contributed by atoms with Crippen LogP contribution in [0.2, 0.25) is 9.88 Å². The van der Waals surface area contributed by atoms with Crippen molar-refractivity contribution in [3.63, 3.8) is 0 Å². The summed E-state index contributed by atoms with van der Waals surface area (Å²) in [6.07, 6.45) is 1.83. The van der Waals surface area contributed by atoms with Crippen LogP contribution in [0.4, 0.5) is 0 Å². The second kappa shape index (κ2) is 7.86. The molecule has 0 atom stereocenters. The van der Waals surface area contributed by atoms with Crippen LogP contribution in [-0.4, -0.2) is 21.1 Å². The van der Waals surface area contributed by atoms with E-state index in [0.717, 1.165) is 0 Å². The van der Waals surface area contributed by atoms with Crippen molar-refractivity contribution in [3.05, 3.63) is 42.5 Å². The van der Waals surface area contributed by atoms with Gasteiger partial charge >= 0.3 is 31.0 Å². The SMILES string of the molecule is C=Cc1ccccc1.[CH3][Sn][CH3]. The predicted octanol–water partition coefficient (Wildman–Crippen LogP) is 3.12. The summed E-state index contributed by atoms with van der Waals surface area (Å²) in [7, 11) is 0. The van der Waals surface area contributed by atoms with Gasteiger partial charge in [-0.2, -0.15) is 0 Å². The molecule has 1 heteroatoms. The van der Waals surface area contributed by atoms with E-state index in [1.54, 1.807) is 0 Å². The van der Waals surface area contributed by atoms with E-state index < -0.39 is 0 Å². The third-order valence-corrected chi connectivity index (χ3v) is 1.04. The zero-order valence-electron chi connectivity index (χ0n) is 7.17. The average Bonchev–Trinajstić information content (AvgIpc) is 2.08. The van der Waals surface area contributed by atoms with E-state index in [4.69, 9.17) is 0 Å². The van der Waals surface area contributed by atoms with Crippen LogP contribution in [0.3, 0.4) is 0 Å². The fourth-order valence-electron chi connectivity index (χ4n) is 0.589. The molecule has 0 aromatic heterocycles. The van der Waals surface area contributed by atoms with Crippen molar-refractivity contribution in [2.45, 2.75) is 9.88 Å². The van der Waals surface area contributed by atoms with Gasteiger partial charge < -0.3 is 0 Å². The Bertz CT molecular complexity index is 179. The van der Waals surface area contributed by atoms with Crippen LogP contribution in [0.1, 0.15) is 5.56 Å². The molecule has 1 rings (SSSR count). The summed E-state index contributed by atoms with van der Waals surface area (Å²) in [6.45, 7) is 3.63. The van der Waals surface area contributed by atoms with Gasteiger partial charge in [0.05, 0.1) is 0 Å². The molecule has 1 aromatic rings. The van der Waals surface area contributed by atoms with Crippen molar-refractivity contribution >= 4 is 27.2 Å². The molecule has 0 fully saturated rings. The molecule has 0 aliphatic heterocycles. The minimum absolute atomic E-state index is 0.230. The summed E-state index contributed by atoms with van der Waals surface area (Å²) in [5.74, 6) is 0. The normalized spacial score (nSPS) is 7.82. The summed E-state index contributed by atoms with van der Waals surface area (Å²) in [4.78, 5) is 4.59. The molecule has 0 aliphatic carbocycles. The van der Waals surface area contributed by atoms with Crippen molar-refractivity contribution in [2.24, 2.45) is 0 Å². The number of rotatable bonds is 1. The molecule has 0 bridgehead atoms.